The van der Waals surface area contributed by atoms with E-state index in [2.05, 4.69) is 78.4 Å². The van der Waals surface area contributed by atoms with E-state index >= 15 is 0 Å². The maximum Gasteiger partial charge on any atom is 0.0571 e. The van der Waals surface area contributed by atoms with Crippen molar-refractivity contribution in [2.45, 2.75) is 39.4 Å². The molecule has 112 valence electrons. The summed E-state index contributed by atoms with van der Waals surface area (Å²) in [4.78, 5) is 6.96. The number of hydrogen-bond acceptors (Lipinski definition) is 3. The van der Waals surface area contributed by atoms with Crippen LogP contribution in [-0.2, 0) is 6.54 Å². The van der Waals surface area contributed by atoms with Crippen molar-refractivity contribution < 1.29 is 0 Å². The predicted octanol–water partition coefficient (Wildman–Crippen LogP) is 3.78. The van der Waals surface area contributed by atoms with Gasteiger partial charge in [-0.25, -0.2) is 0 Å². The zero-order chi connectivity index (χ0) is 15.2. The molecule has 2 aromatic rings. The molecule has 0 radical (unpaired) electrons. The molecule has 0 saturated heterocycles. The summed E-state index contributed by atoms with van der Waals surface area (Å²) >= 11 is 0. The standard InChI is InChI=1S/C18H25N3/c1-14(2)21(13-16-8-6-5-7-9-16)17-10-11-18(20-12-17)15(3)19-4/h5-12,14-15,19H,13H2,1-4H3. The summed E-state index contributed by atoms with van der Waals surface area (Å²) < 4.78 is 0. The van der Waals surface area contributed by atoms with E-state index in [4.69, 9.17) is 0 Å². The minimum Gasteiger partial charge on any atom is -0.364 e. The Balaban J connectivity index is 2.18. The first-order valence-corrected chi connectivity index (χ1v) is 7.55. The highest BCUT2D eigenvalue weighted by molar-refractivity contribution is 5.46. The third-order valence-corrected chi connectivity index (χ3v) is 3.80. The molecule has 1 atom stereocenters. The molecule has 0 amide bonds. The Hall–Kier alpha value is -1.87. The fourth-order valence-electron chi connectivity index (χ4n) is 2.32. The molecule has 0 aliphatic carbocycles. The van der Waals surface area contributed by atoms with Crippen LogP contribution in [0.5, 0.6) is 0 Å². The van der Waals surface area contributed by atoms with Crippen molar-refractivity contribution in [3.63, 3.8) is 0 Å². The molecule has 0 aliphatic rings. The molecule has 0 spiro atoms. The van der Waals surface area contributed by atoms with E-state index in [-0.39, 0.29) is 6.04 Å². The zero-order valence-corrected chi connectivity index (χ0v) is 13.4. The SMILES string of the molecule is CNC(C)c1ccc(N(Cc2ccccc2)C(C)C)cn1. The highest BCUT2D eigenvalue weighted by Gasteiger charge is 2.12. The first-order chi connectivity index (χ1) is 10.1. The van der Waals surface area contributed by atoms with Crippen LogP contribution < -0.4 is 10.2 Å². The van der Waals surface area contributed by atoms with Gasteiger partial charge in [-0.1, -0.05) is 30.3 Å². The lowest BCUT2D eigenvalue weighted by molar-refractivity contribution is 0.630. The first-order valence-electron chi connectivity index (χ1n) is 7.55. The van der Waals surface area contributed by atoms with Gasteiger partial charge in [0.05, 0.1) is 17.6 Å². The molecule has 1 heterocycles. The van der Waals surface area contributed by atoms with E-state index in [1.807, 2.05) is 13.2 Å². The van der Waals surface area contributed by atoms with Gasteiger partial charge in [0.15, 0.2) is 0 Å². The van der Waals surface area contributed by atoms with Gasteiger partial charge in [0.1, 0.15) is 0 Å². The van der Waals surface area contributed by atoms with Crippen molar-refractivity contribution in [3.8, 4) is 0 Å². The molecule has 21 heavy (non-hydrogen) atoms. The van der Waals surface area contributed by atoms with Crippen LogP contribution in [0.1, 0.15) is 38.1 Å². The number of aromatic nitrogens is 1. The molecule has 2 rings (SSSR count). The molecule has 0 bridgehead atoms. The molecular weight excluding hydrogens is 258 g/mol. The van der Waals surface area contributed by atoms with E-state index in [0.29, 0.717) is 6.04 Å². The minimum absolute atomic E-state index is 0.278. The van der Waals surface area contributed by atoms with Crippen molar-refractivity contribution >= 4 is 5.69 Å². The fraction of sp³-hybridized carbons (Fsp3) is 0.389. The molecule has 1 N–H and O–H groups in total. The second kappa shape index (κ2) is 7.23. The molecular formula is C18H25N3. The Morgan fingerprint density at radius 2 is 1.76 bits per heavy atom. The molecule has 0 saturated carbocycles. The summed E-state index contributed by atoms with van der Waals surface area (Å²) in [6.07, 6.45) is 1.98. The summed E-state index contributed by atoms with van der Waals surface area (Å²) in [7, 11) is 1.95. The number of nitrogens with one attached hydrogen (secondary N) is 1. The Labute approximate surface area is 128 Å². The average molecular weight is 283 g/mol. The topological polar surface area (TPSA) is 28.2 Å². The number of benzene rings is 1. The lowest BCUT2D eigenvalue weighted by atomic mass is 10.1. The van der Waals surface area contributed by atoms with Crippen molar-refractivity contribution in [2.24, 2.45) is 0 Å². The molecule has 0 aliphatic heterocycles. The summed E-state index contributed by atoms with van der Waals surface area (Å²) in [5.74, 6) is 0. The summed E-state index contributed by atoms with van der Waals surface area (Å²) in [5, 5.41) is 3.22. The second-order valence-corrected chi connectivity index (χ2v) is 5.66. The summed E-state index contributed by atoms with van der Waals surface area (Å²) in [5.41, 5.74) is 3.56. The van der Waals surface area contributed by atoms with Gasteiger partial charge in [0, 0.05) is 18.6 Å². The normalized spacial score (nSPS) is 12.4. The summed E-state index contributed by atoms with van der Waals surface area (Å²) in [6, 6.07) is 15.5. The maximum absolute atomic E-state index is 4.59. The number of pyridine rings is 1. The Kier molecular flexibility index (Phi) is 5.34. The van der Waals surface area contributed by atoms with Crippen LogP contribution in [0.4, 0.5) is 5.69 Å². The van der Waals surface area contributed by atoms with Crippen molar-refractivity contribution in [3.05, 3.63) is 59.9 Å². The van der Waals surface area contributed by atoms with Gasteiger partial charge in [-0.2, -0.15) is 0 Å². The van der Waals surface area contributed by atoms with Crippen molar-refractivity contribution in [1.82, 2.24) is 10.3 Å². The average Bonchev–Trinajstić information content (AvgIpc) is 2.53. The van der Waals surface area contributed by atoms with Gasteiger partial charge in [-0.05, 0) is 45.5 Å². The van der Waals surface area contributed by atoms with Gasteiger partial charge >= 0.3 is 0 Å². The third kappa shape index (κ3) is 4.05. The van der Waals surface area contributed by atoms with Crippen LogP contribution in [0.15, 0.2) is 48.7 Å². The van der Waals surface area contributed by atoms with Crippen molar-refractivity contribution in [1.29, 1.82) is 0 Å². The Morgan fingerprint density at radius 3 is 2.29 bits per heavy atom. The molecule has 1 unspecified atom stereocenters. The van der Waals surface area contributed by atoms with Crippen LogP contribution in [0.25, 0.3) is 0 Å². The largest absolute Gasteiger partial charge is 0.364 e. The van der Waals surface area contributed by atoms with Gasteiger partial charge in [-0.15, -0.1) is 0 Å². The summed E-state index contributed by atoms with van der Waals surface area (Å²) in [6.45, 7) is 7.45. The van der Waals surface area contributed by atoms with Crippen LogP contribution >= 0.6 is 0 Å². The van der Waals surface area contributed by atoms with Crippen LogP contribution in [-0.4, -0.2) is 18.1 Å². The van der Waals surface area contributed by atoms with Crippen LogP contribution in [0, 0.1) is 0 Å². The monoisotopic (exact) mass is 283 g/mol. The molecule has 1 aromatic carbocycles. The van der Waals surface area contributed by atoms with Gasteiger partial charge in [0.2, 0.25) is 0 Å². The predicted molar refractivity (Wildman–Crippen MR) is 89.5 cm³/mol. The lowest BCUT2D eigenvalue weighted by Gasteiger charge is -2.29. The highest BCUT2D eigenvalue weighted by Crippen LogP contribution is 2.21. The van der Waals surface area contributed by atoms with E-state index in [9.17, 15) is 0 Å². The number of anilines is 1. The second-order valence-electron chi connectivity index (χ2n) is 5.66. The van der Waals surface area contributed by atoms with Gasteiger partial charge < -0.3 is 10.2 Å². The molecule has 3 nitrogen and oxygen atoms in total. The minimum atomic E-state index is 0.278. The van der Waals surface area contributed by atoms with E-state index in [1.165, 1.54) is 11.3 Å². The maximum atomic E-state index is 4.59. The zero-order valence-electron chi connectivity index (χ0n) is 13.4. The van der Waals surface area contributed by atoms with Gasteiger partial charge in [0.25, 0.3) is 0 Å². The molecule has 0 fully saturated rings. The smallest absolute Gasteiger partial charge is 0.0571 e. The molecule has 3 heteroatoms. The number of rotatable bonds is 6. The Bertz CT molecular complexity index is 534. The number of nitrogens with zero attached hydrogens (tertiary/aromatic N) is 2. The lowest BCUT2D eigenvalue weighted by Crippen LogP contribution is -2.30. The fourth-order valence-corrected chi connectivity index (χ4v) is 2.32. The number of hydrogen-bond donors (Lipinski definition) is 1. The molecule has 1 aromatic heterocycles. The third-order valence-electron chi connectivity index (χ3n) is 3.80. The van der Waals surface area contributed by atoms with E-state index < -0.39 is 0 Å². The highest BCUT2D eigenvalue weighted by atomic mass is 15.2. The van der Waals surface area contributed by atoms with E-state index in [0.717, 1.165) is 12.2 Å². The first kappa shape index (κ1) is 15.5. The van der Waals surface area contributed by atoms with E-state index in [1.54, 1.807) is 0 Å². The van der Waals surface area contributed by atoms with Gasteiger partial charge in [-0.3, -0.25) is 4.98 Å². The quantitative estimate of drug-likeness (QED) is 0.874. The Morgan fingerprint density at radius 1 is 1.05 bits per heavy atom. The van der Waals surface area contributed by atoms with Crippen LogP contribution in [0.2, 0.25) is 0 Å². The van der Waals surface area contributed by atoms with Crippen molar-refractivity contribution in [2.75, 3.05) is 11.9 Å². The van der Waals surface area contributed by atoms with Crippen LogP contribution in [0.3, 0.4) is 0 Å².